The first-order valence-electron chi connectivity index (χ1n) is 20.5. The van der Waals surface area contributed by atoms with Gasteiger partial charge in [0.1, 0.15) is 11.2 Å². The lowest BCUT2D eigenvalue weighted by Crippen LogP contribution is -2.01. The Bertz CT molecular complexity index is 3630. The van der Waals surface area contributed by atoms with Crippen LogP contribution in [0.15, 0.2) is 211 Å². The van der Waals surface area contributed by atoms with E-state index in [2.05, 4.69) is 164 Å². The van der Waals surface area contributed by atoms with E-state index in [1.807, 2.05) is 42.5 Å². The van der Waals surface area contributed by atoms with Gasteiger partial charge in [0.2, 0.25) is 0 Å². The van der Waals surface area contributed by atoms with E-state index in [-0.39, 0.29) is 0 Å². The first kappa shape index (κ1) is 34.7. The third-order valence-corrected chi connectivity index (χ3v) is 11.7. The molecule has 3 aromatic heterocycles. The van der Waals surface area contributed by atoms with Crippen molar-refractivity contribution in [3.8, 4) is 67.7 Å². The molecule has 0 aliphatic rings. The van der Waals surface area contributed by atoms with Gasteiger partial charge in [-0.05, 0) is 51.7 Å². The Morgan fingerprint density at radius 2 is 0.885 bits per heavy atom. The smallest absolute Gasteiger partial charge is 0.164 e. The summed E-state index contributed by atoms with van der Waals surface area (Å²) in [5.41, 5.74) is 11.7. The lowest BCUT2D eigenvalue weighted by molar-refractivity contribution is 0.669. The second-order valence-corrected chi connectivity index (χ2v) is 15.3. The highest BCUT2D eigenvalue weighted by molar-refractivity contribution is 6.27. The summed E-state index contributed by atoms with van der Waals surface area (Å²) in [5.74, 6) is 1.82. The molecule has 0 saturated heterocycles. The summed E-state index contributed by atoms with van der Waals surface area (Å²) in [6.07, 6.45) is 0. The molecule has 284 valence electrons. The van der Waals surface area contributed by atoms with E-state index >= 15 is 0 Å². The Morgan fingerprint density at radius 3 is 1.70 bits per heavy atom. The maximum absolute atomic E-state index is 6.70. The molecule has 0 spiro atoms. The minimum absolute atomic E-state index is 0.586. The van der Waals surface area contributed by atoms with Gasteiger partial charge in [0.25, 0.3) is 0 Å². The van der Waals surface area contributed by atoms with Crippen LogP contribution in [0.3, 0.4) is 0 Å². The number of aromatic nitrogens is 4. The van der Waals surface area contributed by atoms with Gasteiger partial charge in [-0.1, -0.05) is 182 Å². The van der Waals surface area contributed by atoms with Crippen LogP contribution in [0.25, 0.3) is 122 Å². The molecule has 0 aliphatic carbocycles. The number of pyridine rings is 1. The minimum atomic E-state index is 0.586. The molecule has 0 saturated carbocycles. The largest absolute Gasteiger partial charge is 0.456 e. The molecule has 0 unspecified atom stereocenters. The van der Waals surface area contributed by atoms with Gasteiger partial charge in [-0.3, -0.25) is 0 Å². The molecule has 61 heavy (non-hydrogen) atoms. The van der Waals surface area contributed by atoms with Crippen molar-refractivity contribution in [2.24, 2.45) is 0 Å². The van der Waals surface area contributed by atoms with Gasteiger partial charge in [0.15, 0.2) is 17.5 Å². The van der Waals surface area contributed by atoms with Crippen LogP contribution in [0, 0.1) is 0 Å². The predicted molar refractivity (Wildman–Crippen MR) is 250 cm³/mol. The Labute approximate surface area is 351 Å². The number of furan rings is 1. The van der Waals surface area contributed by atoms with Crippen molar-refractivity contribution in [3.63, 3.8) is 0 Å². The van der Waals surface area contributed by atoms with E-state index < -0.39 is 0 Å². The molecule has 0 N–H and O–H groups in total. The van der Waals surface area contributed by atoms with Crippen molar-refractivity contribution in [1.82, 2.24) is 19.9 Å². The second-order valence-electron chi connectivity index (χ2n) is 15.3. The molecule has 12 aromatic rings. The van der Waals surface area contributed by atoms with Crippen molar-refractivity contribution >= 4 is 54.4 Å². The van der Waals surface area contributed by atoms with E-state index in [1.54, 1.807) is 0 Å². The summed E-state index contributed by atoms with van der Waals surface area (Å²) >= 11 is 0. The van der Waals surface area contributed by atoms with Gasteiger partial charge in [-0.25, -0.2) is 19.9 Å². The van der Waals surface area contributed by atoms with Crippen LogP contribution in [-0.2, 0) is 0 Å². The molecular formula is C56H34N4O. The summed E-state index contributed by atoms with van der Waals surface area (Å²) in [6, 6.07) is 71.6. The fourth-order valence-corrected chi connectivity index (χ4v) is 8.85. The van der Waals surface area contributed by atoms with Crippen molar-refractivity contribution in [2.45, 2.75) is 0 Å². The highest BCUT2D eigenvalue weighted by Crippen LogP contribution is 2.47. The molecule has 0 amide bonds. The summed E-state index contributed by atoms with van der Waals surface area (Å²) in [7, 11) is 0. The fourth-order valence-electron chi connectivity index (χ4n) is 8.85. The zero-order valence-corrected chi connectivity index (χ0v) is 32.8. The van der Waals surface area contributed by atoms with E-state index in [1.165, 1.54) is 11.1 Å². The third-order valence-electron chi connectivity index (χ3n) is 11.7. The summed E-state index contributed by atoms with van der Waals surface area (Å²) in [6.45, 7) is 0. The first-order chi connectivity index (χ1) is 30.2. The van der Waals surface area contributed by atoms with E-state index in [9.17, 15) is 0 Å². The number of para-hydroxylation sites is 2. The number of fused-ring (bicyclic) bond motifs is 7. The van der Waals surface area contributed by atoms with Gasteiger partial charge >= 0.3 is 0 Å². The van der Waals surface area contributed by atoms with Gasteiger partial charge in [-0.2, -0.15) is 0 Å². The number of nitrogens with zero attached hydrogens (tertiary/aromatic N) is 4. The summed E-state index contributed by atoms with van der Waals surface area (Å²) in [5, 5.41) is 7.59. The van der Waals surface area contributed by atoms with Gasteiger partial charge in [0, 0.05) is 54.7 Å². The van der Waals surface area contributed by atoms with Gasteiger partial charge < -0.3 is 4.42 Å². The predicted octanol–water partition coefficient (Wildman–Crippen LogP) is 14.6. The monoisotopic (exact) mass is 778 g/mol. The molecule has 3 heterocycles. The van der Waals surface area contributed by atoms with Crippen LogP contribution in [0.1, 0.15) is 0 Å². The Morgan fingerprint density at radius 1 is 0.311 bits per heavy atom. The van der Waals surface area contributed by atoms with Gasteiger partial charge in [0.05, 0.1) is 11.2 Å². The standard InChI is InChI=1S/C56H34N4O/c1-3-15-35(16-4-1)36-29-31-38(32-30-36)50-51-44-24-9-11-27-47(44)57-53(46(51)34-49-52(50)45-25-10-12-28-48(45)61-49)40-21-13-22-41(33-40)55-58-54(39-18-5-2-6-19-39)59-56(60-55)43-26-14-20-37-17-7-8-23-42(37)43/h1-34H. The topological polar surface area (TPSA) is 64.7 Å². The lowest BCUT2D eigenvalue weighted by Gasteiger charge is -2.16. The van der Waals surface area contributed by atoms with E-state index in [0.29, 0.717) is 17.5 Å². The zero-order valence-electron chi connectivity index (χ0n) is 32.8. The molecule has 0 fully saturated rings. The SMILES string of the molecule is c1ccc(-c2ccc(-c3c4c(cc5c(-c6cccc(-c7nc(-c8ccccc8)nc(-c8cccc9ccccc89)n7)c6)nc6ccccc6c35)oc3ccccc34)cc2)cc1. The van der Waals surface area contributed by atoms with Crippen LogP contribution >= 0.6 is 0 Å². The Balaban J connectivity index is 1.10. The van der Waals surface area contributed by atoms with Crippen LogP contribution in [0.4, 0.5) is 0 Å². The average molecular weight is 779 g/mol. The molecule has 5 heteroatoms. The summed E-state index contributed by atoms with van der Waals surface area (Å²) < 4.78 is 6.70. The maximum Gasteiger partial charge on any atom is 0.164 e. The highest BCUT2D eigenvalue weighted by Gasteiger charge is 2.22. The third kappa shape index (κ3) is 5.94. The number of benzene rings is 9. The highest BCUT2D eigenvalue weighted by atomic mass is 16.3. The first-order valence-corrected chi connectivity index (χ1v) is 20.5. The van der Waals surface area contributed by atoms with Crippen molar-refractivity contribution in [2.75, 3.05) is 0 Å². The minimum Gasteiger partial charge on any atom is -0.456 e. The average Bonchev–Trinajstić information content (AvgIpc) is 3.71. The molecular weight excluding hydrogens is 745 g/mol. The molecule has 0 radical (unpaired) electrons. The van der Waals surface area contributed by atoms with E-state index in [0.717, 1.165) is 93.5 Å². The lowest BCUT2D eigenvalue weighted by atomic mass is 9.89. The Kier molecular flexibility index (Phi) is 8.10. The maximum atomic E-state index is 6.70. The summed E-state index contributed by atoms with van der Waals surface area (Å²) in [4.78, 5) is 20.8. The quantitative estimate of drug-likeness (QED) is 0.157. The van der Waals surface area contributed by atoms with Gasteiger partial charge in [-0.15, -0.1) is 0 Å². The fraction of sp³-hybridized carbons (Fsp3) is 0. The number of rotatable bonds is 6. The normalized spacial score (nSPS) is 11.6. The van der Waals surface area contributed by atoms with Crippen molar-refractivity contribution in [3.05, 3.63) is 206 Å². The molecule has 0 atom stereocenters. The van der Waals surface area contributed by atoms with Crippen LogP contribution in [0.5, 0.6) is 0 Å². The molecule has 0 aliphatic heterocycles. The van der Waals surface area contributed by atoms with Crippen LogP contribution in [-0.4, -0.2) is 19.9 Å². The molecule has 5 nitrogen and oxygen atoms in total. The Hall–Kier alpha value is -8.28. The zero-order chi connectivity index (χ0) is 40.3. The molecule has 0 bridgehead atoms. The molecule has 12 rings (SSSR count). The van der Waals surface area contributed by atoms with Crippen LogP contribution < -0.4 is 0 Å². The molecule has 9 aromatic carbocycles. The van der Waals surface area contributed by atoms with E-state index in [4.69, 9.17) is 24.4 Å². The van der Waals surface area contributed by atoms with Crippen LogP contribution in [0.2, 0.25) is 0 Å². The van der Waals surface area contributed by atoms with Crippen molar-refractivity contribution < 1.29 is 4.42 Å². The van der Waals surface area contributed by atoms with Crippen molar-refractivity contribution in [1.29, 1.82) is 0 Å². The number of hydrogen-bond donors (Lipinski definition) is 0. The second kappa shape index (κ2) is 14.2. The number of hydrogen-bond acceptors (Lipinski definition) is 5.